The predicted octanol–water partition coefficient (Wildman–Crippen LogP) is 2.29. The molecule has 2 rings (SSSR count). The summed E-state index contributed by atoms with van der Waals surface area (Å²) in [5.74, 6) is 0.728. The topological polar surface area (TPSA) is 43.8 Å². The van der Waals surface area contributed by atoms with Gasteiger partial charge in [0.05, 0.1) is 5.69 Å². The van der Waals surface area contributed by atoms with E-state index in [1.54, 1.807) is 4.68 Å². The van der Waals surface area contributed by atoms with Crippen molar-refractivity contribution in [3.05, 3.63) is 35.4 Å². The molecule has 3 heteroatoms. The van der Waals surface area contributed by atoms with E-state index in [1.165, 1.54) is 5.56 Å². The fourth-order valence-electron chi connectivity index (χ4n) is 1.71. The van der Waals surface area contributed by atoms with E-state index in [1.807, 2.05) is 20.0 Å². The molecule has 0 saturated carbocycles. The van der Waals surface area contributed by atoms with Crippen LogP contribution in [0.25, 0.3) is 11.3 Å². The summed E-state index contributed by atoms with van der Waals surface area (Å²) in [6, 6.07) is 8.29. The monoisotopic (exact) mass is 201 g/mol. The highest BCUT2D eigenvalue weighted by molar-refractivity contribution is 5.68. The lowest BCUT2D eigenvalue weighted by Gasteiger charge is -1.99. The van der Waals surface area contributed by atoms with E-state index in [9.17, 15) is 0 Å². The second-order valence-electron chi connectivity index (χ2n) is 3.85. The number of nitrogen functional groups attached to an aromatic ring is 1. The molecule has 0 saturated heterocycles. The van der Waals surface area contributed by atoms with Gasteiger partial charge in [-0.15, -0.1) is 0 Å². The SMILES string of the molecule is Cc1cccc(-c2nn(C)c(N)c2C)c1. The van der Waals surface area contributed by atoms with Gasteiger partial charge < -0.3 is 5.73 Å². The van der Waals surface area contributed by atoms with E-state index in [0.717, 1.165) is 22.6 Å². The molecule has 1 heterocycles. The Morgan fingerprint density at radius 3 is 2.53 bits per heavy atom. The molecule has 0 spiro atoms. The zero-order chi connectivity index (χ0) is 11.0. The maximum absolute atomic E-state index is 5.88. The molecule has 1 aromatic carbocycles. The third-order valence-electron chi connectivity index (χ3n) is 2.63. The first-order chi connectivity index (χ1) is 7.09. The lowest BCUT2D eigenvalue weighted by atomic mass is 10.1. The van der Waals surface area contributed by atoms with Crippen LogP contribution in [0.4, 0.5) is 5.82 Å². The van der Waals surface area contributed by atoms with Gasteiger partial charge in [0.15, 0.2) is 0 Å². The van der Waals surface area contributed by atoms with Gasteiger partial charge in [-0.3, -0.25) is 4.68 Å². The zero-order valence-electron chi connectivity index (χ0n) is 9.28. The van der Waals surface area contributed by atoms with Crippen molar-refractivity contribution in [1.29, 1.82) is 0 Å². The van der Waals surface area contributed by atoms with E-state index in [0.29, 0.717) is 0 Å². The average Bonchev–Trinajstić information content (AvgIpc) is 2.46. The number of hydrogen-bond donors (Lipinski definition) is 1. The average molecular weight is 201 g/mol. The van der Waals surface area contributed by atoms with Crippen molar-refractivity contribution in [2.24, 2.45) is 7.05 Å². The lowest BCUT2D eigenvalue weighted by molar-refractivity contribution is 0.782. The van der Waals surface area contributed by atoms with Crippen molar-refractivity contribution in [2.75, 3.05) is 5.73 Å². The molecule has 0 amide bonds. The molecule has 15 heavy (non-hydrogen) atoms. The summed E-state index contributed by atoms with van der Waals surface area (Å²) in [6.45, 7) is 4.07. The van der Waals surface area contributed by atoms with E-state index in [-0.39, 0.29) is 0 Å². The van der Waals surface area contributed by atoms with Gasteiger partial charge in [0, 0.05) is 18.2 Å². The summed E-state index contributed by atoms with van der Waals surface area (Å²) < 4.78 is 1.72. The summed E-state index contributed by atoms with van der Waals surface area (Å²) in [4.78, 5) is 0. The van der Waals surface area contributed by atoms with E-state index in [4.69, 9.17) is 5.73 Å². The van der Waals surface area contributed by atoms with Crippen LogP contribution in [0.3, 0.4) is 0 Å². The number of rotatable bonds is 1. The Morgan fingerprint density at radius 1 is 1.27 bits per heavy atom. The Bertz CT molecular complexity index is 498. The van der Waals surface area contributed by atoms with Crippen LogP contribution in [0.5, 0.6) is 0 Å². The van der Waals surface area contributed by atoms with Crippen molar-refractivity contribution in [2.45, 2.75) is 13.8 Å². The van der Waals surface area contributed by atoms with E-state index in [2.05, 4.69) is 30.2 Å². The van der Waals surface area contributed by atoms with Crippen LogP contribution in [-0.2, 0) is 7.05 Å². The van der Waals surface area contributed by atoms with Crippen molar-refractivity contribution < 1.29 is 0 Å². The highest BCUT2D eigenvalue weighted by Crippen LogP contribution is 2.25. The quantitative estimate of drug-likeness (QED) is 0.769. The normalized spacial score (nSPS) is 10.6. The number of nitrogens with zero attached hydrogens (tertiary/aromatic N) is 2. The summed E-state index contributed by atoms with van der Waals surface area (Å²) in [7, 11) is 1.86. The summed E-state index contributed by atoms with van der Waals surface area (Å²) >= 11 is 0. The third-order valence-corrected chi connectivity index (χ3v) is 2.63. The second-order valence-corrected chi connectivity index (χ2v) is 3.85. The summed E-state index contributed by atoms with van der Waals surface area (Å²) in [5, 5.41) is 4.41. The highest BCUT2D eigenvalue weighted by Gasteiger charge is 2.10. The number of nitrogens with two attached hydrogens (primary N) is 1. The van der Waals surface area contributed by atoms with Crippen LogP contribution >= 0.6 is 0 Å². The zero-order valence-corrected chi connectivity index (χ0v) is 9.28. The molecule has 0 aliphatic carbocycles. The minimum absolute atomic E-state index is 0.728. The fraction of sp³-hybridized carbons (Fsp3) is 0.250. The van der Waals surface area contributed by atoms with Gasteiger partial charge in [-0.05, 0) is 19.9 Å². The first-order valence-corrected chi connectivity index (χ1v) is 4.95. The lowest BCUT2D eigenvalue weighted by Crippen LogP contribution is -1.97. The molecule has 0 aliphatic heterocycles. The number of hydrogen-bond acceptors (Lipinski definition) is 2. The standard InChI is InChI=1S/C12H15N3/c1-8-5-4-6-10(7-8)11-9(2)12(13)15(3)14-11/h4-7H,13H2,1-3H3. The maximum atomic E-state index is 5.88. The van der Waals surface area contributed by atoms with Crippen LogP contribution in [0.15, 0.2) is 24.3 Å². The molecule has 0 bridgehead atoms. The highest BCUT2D eigenvalue weighted by atomic mass is 15.3. The molecule has 0 radical (unpaired) electrons. The second kappa shape index (κ2) is 3.42. The van der Waals surface area contributed by atoms with Crippen LogP contribution in [0.2, 0.25) is 0 Å². The molecular weight excluding hydrogens is 186 g/mol. The Morgan fingerprint density at radius 2 is 2.00 bits per heavy atom. The van der Waals surface area contributed by atoms with Gasteiger partial charge in [0.1, 0.15) is 5.82 Å². The molecule has 2 N–H and O–H groups in total. The van der Waals surface area contributed by atoms with Gasteiger partial charge in [-0.2, -0.15) is 5.10 Å². The first kappa shape index (κ1) is 9.77. The predicted molar refractivity (Wildman–Crippen MR) is 62.5 cm³/mol. The number of aryl methyl sites for hydroxylation is 2. The van der Waals surface area contributed by atoms with Crippen LogP contribution in [0, 0.1) is 13.8 Å². The van der Waals surface area contributed by atoms with Gasteiger partial charge in [0.25, 0.3) is 0 Å². The van der Waals surface area contributed by atoms with Crippen LogP contribution < -0.4 is 5.73 Å². The Kier molecular flexibility index (Phi) is 2.23. The Labute approximate surface area is 89.5 Å². The molecule has 0 unspecified atom stereocenters. The molecule has 0 atom stereocenters. The Balaban J connectivity index is 2.59. The Hall–Kier alpha value is -1.77. The first-order valence-electron chi connectivity index (χ1n) is 4.95. The molecule has 3 nitrogen and oxygen atoms in total. The largest absolute Gasteiger partial charge is 0.384 e. The minimum atomic E-state index is 0.728. The maximum Gasteiger partial charge on any atom is 0.124 e. The summed E-state index contributed by atoms with van der Waals surface area (Å²) in [6.07, 6.45) is 0. The van der Waals surface area contributed by atoms with Crippen molar-refractivity contribution in [3.63, 3.8) is 0 Å². The van der Waals surface area contributed by atoms with E-state index >= 15 is 0 Å². The van der Waals surface area contributed by atoms with Gasteiger partial charge in [-0.1, -0.05) is 23.8 Å². The molecule has 1 aromatic heterocycles. The number of aromatic nitrogens is 2. The van der Waals surface area contributed by atoms with Crippen LogP contribution in [-0.4, -0.2) is 9.78 Å². The molecule has 78 valence electrons. The third kappa shape index (κ3) is 1.61. The van der Waals surface area contributed by atoms with Gasteiger partial charge >= 0.3 is 0 Å². The summed E-state index contributed by atoms with van der Waals surface area (Å²) in [5.41, 5.74) is 10.3. The molecule has 0 aliphatic rings. The molecule has 2 aromatic rings. The van der Waals surface area contributed by atoms with Crippen molar-refractivity contribution in [3.8, 4) is 11.3 Å². The molecule has 0 fully saturated rings. The van der Waals surface area contributed by atoms with Crippen LogP contribution in [0.1, 0.15) is 11.1 Å². The fourth-order valence-corrected chi connectivity index (χ4v) is 1.71. The number of benzene rings is 1. The van der Waals surface area contributed by atoms with Gasteiger partial charge in [-0.25, -0.2) is 0 Å². The van der Waals surface area contributed by atoms with E-state index < -0.39 is 0 Å². The smallest absolute Gasteiger partial charge is 0.124 e. The minimum Gasteiger partial charge on any atom is -0.384 e. The van der Waals surface area contributed by atoms with Crippen molar-refractivity contribution in [1.82, 2.24) is 9.78 Å². The molecular formula is C12H15N3. The van der Waals surface area contributed by atoms with Gasteiger partial charge in [0.2, 0.25) is 0 Å². The number of anilines is 1. The van der Waals surface area contributed by atoms with Crippen molar-refractivity contribution >= 4 is 5.82 Å².